The number of halogens is 3. The number of ether oxygens (including phenoxy) is 1. The molecule has 5 nitrogen and oxygen atoms in total. The van der Waals surface area contributed by atoms with E-state index in [9.17, 15) is 4.79 Å². The molecular weight excluding hydrogens is 339 g/mol. The summed E-state index contributed by atoms with van der Waals surface area (Å²) in [7, 11) is 1.24. The molecule has 0 radical (unpaired) electrons. The van der Waals surface area contributed by atoms with Gasteiger partial charge in [0.1, 0.15) is 11.5 Å². The summed E-state index contributed by atoms with van der Waals surface area (Å²) in [6.07, 6.45) is 0.650. The summed E-state index contributed by atoms with van der Waals surface area (Å²) in [6.45, 7) is 0. The van der Waals surface area contributed by atoms with Gasteiger partial charge in [0.25, 0.3) is 0 Å². The standard InChI is InChI=1S/C13H9Cl3N2O3/c1-20-13(19)18-17-6-7-2-3-12(21-7)8-4-10(15)11(16)5-9(8)14/h2-6H,1H3,(H,18,19)/b17-6-. The fourth-order valence-electron chi connectivity index (χ4n) is 1.47. The van der Waals surface area contributed by atoms with Crippen LogP contribution in [0, 0.1) is 0 Å². The number of rotatable bonds is 3. The lowest BCUT2D eigenvalue weighted by Crippen LogP contribution is -2.16. The summed E-state index contributed by atoms with van der Waals surface area (Å²) < 4.78 is 9.90. The van der Waals surface area contributed by atoms with Crippen LogP contribution in [0.5, 0.6) is 0 Å². The van der Waals surface area contributed by atoms with Crippen molar-refractivity contribution in [3.8, 4) is 11.3 Å². The molecule has 0 unspecified atom stereocenters. The van der Waals surface area contributed by atoms with Gasteiger partial charge < -0.3 is 9.15 Å². The molecule has 0 saturated heterocycles. The van der Waals surface area contributed by atoms with Crippen LogP contribution in [0.25, 0.3) is 11.3 Å². The van der Waals surface area contributed by atoms with Crippen molar-refractivity contribution in [3.05, 3.63) is 45.1 Å². The molecule has 1 aromatic heterocycles. The highest BCUT2D eigenvalue weighted by atomic mass is 35.5. The Kier molecular flexibility index (Phi) is 5.12. The highest BCUT2D eigenvalue weighted by Gasteiger charge is 2.11. The van der Waals surface area contributed by atoms with Crippen molar-refractivity contribution in [1.82, 2.24) is 5.43 Å². The lowest BCUT2D eigenvalue weighted by Gasteiger charge is -2.03. The van der Waals surface area contributed by atoms with E-state index in [1.807, 2.05) is 0 Å². The van der Waals surface area contributed by atoms with Crippen LogP contribution < -0.4 is 5.43 Å². The van der Waals surface area contributed by atoms with E-state index in [2.05, 4.69) is 15.3 Å². The number of hydrazone groups is 1. The summed E-state index contributed by atoms with van der Waals surface area (Å²) in [5.74, 6) is 0.918. The predicted octanol–water partition coefficient (Wildman–Crippen LogP) is 4.60. The summed E-state index contributed by atoms with van der Waals surface area (Å²) in [5, 5.41) is 4.79. The van der Waals surface area contributed by atoms with Crippen molar-refractivity contribution >= 4 is 47.1 Å². The number of benzene rings is 1. The van der Waals surface area contributed by atoms with Crippen LogP contribution in [0.3, 0.4) is 0 Å². The third kappa shape index (κ3) is 3.91. The van der Waals surface area contributed by atoms with E-state index in [1.54, 1.807) is 18.2 Å². The van der Waals surface area contributed by atoms with Gasteiger partial charge in [0.2, 0.25) is 0 Å². The molecule has 0 aliphatic heterocycles. The summed E-state index contributed by atoms with van der Waals surface area (Å²) in [4.78, 5) is 10.8. The maximum Gasteiger partial charge on any atom is 0.427 e. The molecular formula is C13H9Cl3N2O3. The molecule has 0 atom stereocenters. The molecule has 0 saturated carbocycles. The SMILES string of the molecule is COC(=O)N/N=C\c1ccc(-c2cc(Cl)c(Cl)cc2Cl)o1. The molecule has 0 bridgehead atoms. The Morgan fingerprint density at radius 3 is 2.67 bits per heavy atom. The molecule has 0 fully saturated rings. The number of furan rings is 1. The fraction of sp³-hybridized carbons (Fsp3) is 0.0769. The van der Waals surface area contributed by atoms with Gasteiger partial charge in [-0.25, -0.2) is 10.2 Å². The number of methoxy groups -OCH3 is 1. The van der Waals surface area contributed by atoms with Crippen molar-refractivity contribution in [2.45, 2.75) is 0 Å². The molecule has 0 spiro atoms. The first-order valence-electron chi connectivity index (χ1n) is 5.63. The van der Waals surface area contributed by atoms with Gasteiger partial charge in [0, 0.05) is 5.56 Å². The second-order valence-corrected chi connectivity index (χ2v) is 5.03. The van der Waals surface area contributed by atoms with E-state index in [0.717, 1.165) is 0 Å². The van der Waals surface area contributed by atoms with Gasteiger partial charge in [-0.05, 0) is 24.3 Å². The molecule has 1 N–H and O–H groups in total. The van der Waals surface area contributed by atoms with E-state index in [4.69, 9.17) is 39.2 Å². The molecule has 1 heterocycles. The minimum Gasteiger partial charge on any atom is -0.455 e. The minimum absolute atomic E-state index is 0.362. The summed E-state index contributed by atoms with van der Waals surface area (Å²) >= 11 is 17.9. The van der Waals surface area contributed by atoms with Gasteiger partial charge in [-0.15, -0.1) is 0 Å². The van der Waals surface area contributed by atoms with Crippen molar-refractivity contribution in [3.63, 3.8) is 0 Å². The van der Waals surface area contributed by atoms with E-state index in [1.165, 1.54) is 19.4 Å². The predicted molar refractivity (Wildman–Crippen MR) is 82.3 cm³/mol. The first-order chi connectivity index (χ1) is 10.0. The summed E-state index contributed by atoms with van der Waals surface area (Å²) in [6, 6.07) is 6.51. The fourth-order valence-corrected chi connectivity index (χ4v) is 2.11. The molecule has 1 amide bonds. The topological polar surface area (TPSA) is 63.8 Å². The number of carbonyl (C=O) groups excluding carboxylic acids is 1. The normalized spacial score (nSPS) is 10.9. The number of carbonyl (C=O) groups is 1. The van der Waals surface area contributed by atoms with E-state index in [-0.39, 0.29) is 0 Å². The minimum atomic E-state index is -0.675. The average Bonchev–Trinajstić information content (AvgIpc) is 2.91. The van der Waals surface area contributed by atoms with Gasteiger partial charge in [-0.1, -0.05) is 34.8 Å². The molecule has 8 heteroatoms. The third-order valence-electron chi connectivity index (χ3n) is 2.44. The Balaban J connectivity index is 2.20. The van der Waals surface area contributed by atoms with Gasteiger partial charge in [-0.3, -0.25) is 0 Å². The molecule has 2 rings (SSSR count). The van der Waals surface area contributed by atoms with Crippen LogP contribution in [-0.2, 0) is 4.74 Å². The Bertz CT molecular complexity index is 698. The molecule has 0 aliphatic carbocycles. The Labute approximate surface area is 135 Å². The maximum absolute atomic E-state index is 10.8. The van der Waals surface area contributed by atoms with Gasteiger partial charge in [-0.2, -0.15) is 5.10 Å². The van der Waals surface area contributed by atoms with Crippen molar-refractivity contribution in [2.75, 3.05) is 7.11 Å². The van der Waals surface area contributed by atoms with Crippen LogP contribution >= 0.6 is 34.8 Å². The molecule has 21 heavy (non-hydrogen) atoms. The number of nitrogens with zero attached hydrogens (tertiary/aromatic N) is 1. The van der Waals surface area contributed by atoms with Gasteiger partial charge >= 0.3 is 6.09 Å². The quantitative estimate of drug-likeness (QED) is 0.501. The maximum atomic E-state index is 10.8. The van der Waals surface area contributed by atoms with Crippen LogP contribution in [0.2, 0.25) is 15.1 Å². The molecule has 0 aliphatic rings. The average molecular weight is 348 g/mol. The van der Waals surface area contributed by atoms with Crippen LogP contribution in [0.1, 0.15) is 5.76 Å². The van der Waals surface area contributed by atoms with Gasteiger partial charge in [0.05, 0.1) is 28.4 Å². The number of amides is 1. The smallest absolute Gasteiger partial charge is 0.427 e. The number of hydrogen-bond donors (Lipinski definition) is 1. The zero-order valence-electron chi connectivity index (χ0n) is 10.7. The van der Waals surface area contributed by atoms with E-state index >= 15 is 0 Å². The first-order valence-corrected chi connectivity index (χ1v) is 6.76. The van der Waals surface area contributed by atoms with Crippen LogP contribution in [0.4, 0.5) is 4.79 Å². The second kappa shape index (κ2) is 6.85. The zero-order valence-corrected chi connectivity index (χ0v) is 13.0. The van der Waals surface area contributed by atoms with Gasteiger partial charge in [0.15, 0.2) is 0 Å². The van der Waals surface area contributed by atoms with E-state index in [0.29, 0.717) is 32.2 Å². The number of nitrogens with one attached hydrogen (secondary N) is 1. The Hall–Kier alpha value is -1.69. The highest BCUT2D eigenvalue weighted by molar-refractivity contribution is 6.44. The third-order valence-corrected chi connectivity index (χ3v) is 3.47. The molecule has 2 aromatic rings. The van der Waals surface area contributed by atoms with Crippen LogP contribution in [-0.4, -0.2) is 19.4 Å². The van der Waals surface area contributed by atoms with Crippen molar-refractivity contribution in [1.29, 1.82) is 0 Å². The van der Waals surface area contributed by atoms with Crippen molar-refractivity contribution in [2.24, 2.45) is 5.10 Å². The lowest BCUT2D eigenvalue weighted by molar-refractivity contribution is 0.171. The van der Waals surface area contributed by atoms with E-state index < -0.39 is 6.09 Å². The Morgan fingerprint density at radius 1 is 1.24 bits per heavy atom. The molecule has 1 aromatic carbocycles. The monoisotopic (exact) mass is 346 g/mol. The first kappa shape index (κ1) is 15.7. The zero-order chi connectivity index (χ0) is 15.4. The lowest BCUT2D eigenvalue weighted by atomic mass is 10.2. The largest absolute Gasteiger partial charge is 0.455 e. The molecule has 110 valence electrons. The van der Waals surface area contributed by atoms with Crippen LogP contribution in [0.15, 0.2) is 33.8 Å². The second-order valence-electron chi connectivity index (χ2n) is 3.81. The summed E-state index contributed by atoms with van der Waals surface area (Å²) in [5.41, 5.74) is 2.74. The number of hydrogen-bond acceptors (Lipinski definition) is 4. The van der Waals surface area contributed by atoms with Crippen molar-refractivity contribution < 1.29 is 13.9 Å². The Morgan fingerprint density at radius 2 is 1.95 bits per heavy atom. The highest BCUT2D eigenvalue weighted by Crippen LogP contribution is 2.35.